The molecule has 2 N–H and O–H groups in total. The number of nitrogens with zero attached hydrogens (tertiary/aromatic N) is 1. The number of amides is 1. The molecule has 0 bridgehead atoms. The number of benzene rings is 1. The quantitative estimate of drug-likeness (QED) is 0.850. The molecule has 2 aromatic rings. The fourth-order valence-corrected chi connectivity index (χ4v) is 1.50. The number of carbonyl (C=O) groups excluding carboxylic acids is 1. The molecule has 0 aliphatic carbocycles. The summed E-state index contributed by atoms with van der Waals surface area (Å²) in [7, 11) is 1.77. The molecule has 1 heterocycles. The fraction of sp³-hybridized carbons (Fsp3) is 0.167. The molecule has 0 aliphatic heterocycles. The van der Waals surface area contributed by atoms with Crippen molar-refractivity contribution in [1.82, 2.24) is 5.16 Å². The summed E-state index contributed by atoms with van der Waals surface area (Å²) in [5.74, 6) is 0.115. The Morgan fingerprint density at radius 3 is 2.76 bits per heavy atom. The second kappa shape index (κ2) is 4.69. The third kappa shape index (κ3) is 2.44. The number of hydrogen-bond acceptors (Lipinski definition) is 4. The molecule has 1 aromatic heterocycles. The average molecular weight is 231 g/mol. The van der Waals surface area contributed by atoms with Crippen LogP contribution in [-0.2, 0) is 0 Å². The van der Waals surface area contributed by atoms with E-state index in [0.29, 0.717) is 11.4 Å². The van der Waals surface area contributed by atoms with Crippen LogP contribution < -0.4 is 10.6 Å². The molecule has 0 atom stereocenters. The third-order valence-electron chi connectivity index (χ3n) is 2.31. The van der Waals surface area contributed by atoms with Crippen molar-refractivity contribution in [2.45, 2.75) is 6.92 Å². The van der Waals surface area contributed by atoms with Gasteiger partial charge in [0.05, 0.1) is 11.3 Å². The van der Waals surface area contributed by atoms with E-state index in [1.54, 1.807) is 32.2 Å². The molecule has 88 valence electrons. The van der Waals surface area contributed by atoms with Crippen LogP contribution in [0.3, 0.4) is 0 Å². The lowest BCUT2D eigenvalue weighted by atomic mass is 10.1. The Morgan fingerprint density at radius 1 is 1.35 bits per heavy atom. The van der Waals surface area contributed by atoms with Gasteiger partial charge in [-0.1, -0.05) is 17.3 Å². The SMILES string of the molecule is CNc1ccccc1C(=O)Nc1cc(C)no1. The van der Waals surface area contributed by atoms with Gasteiger partial charge in [-0.15, -0.1) is 0 Å². The molecule has 0 radical (unpaired) electrons. The minimum Gasteiger partial charge on any atom is -0.387 e. The molecule has 5 heteroatoms. The predicted molar refractivity (Wildman–Crippen MR) is 65.2 cm³/mol. The number of nitrogens with one attached hydrogen (secondary N) is 2. The highest BCUT2D eigenvalue weighted by atomic mass is 16.5. The zero-order valence-corrected chi connectivity index (χ0v) is 9.65. The van der Waals surface area contributed by atoms with Crippen molar-refractivity contribution in [1.29, 1.82) is 0 Å². The Kier molecular flexibility index (Phi) is 3.09. The molecule has 0 unspecified atom stereocenters. The molecule has 0 fully saturated rings. The minimum absolute atomic E-state index is 0.230. The molecule has 0 aliphatic rings. The van der Waals surface area contributed by atoms with Crippen LogP contribution in [0, 0.1) is 6.92 Å². The van der Waals surface area contributed by atoms with Crippen LogP contribution in [0.4, 0.5) is 11.6 Å². The number of para-hydroxylation sites is 1. The lowest BCUT2D eigenvalue weighted by Crippen LogP contribution is -2.13. The monoisotopic (exact) mass is 231 g/mol. The molecular weight excluding hydrogens is 218 g/mol. The van der Waals surface area contributed by atoms with Crippen LogP contribution in [0.25, 0.3) is 0 Å². The van der Waals surface area contributed by atoms with Crippen molar-refractivity contribution >= 4 is 17.5 Å². The van der Waals surface area contributed by atoms with Crippen molar-refractivity contribution in [3.63, 3.8) is 0 Å². The van der Waals surface area contributed by atoms with Crippen molar-refractivity contribution in [2.75, 3.05) is 17.7 Å². The maximum atomic E-state index is 12.0. The van der Waals surface area contributed by atoms with E-state index in [0.717, 1.165) is 11.4 Å². The van der Waals surface area contributed by atoms with Crippen molar-refractivity contribution in [3.05, 3.63) is 41.6 Å². The first-order valence-corrected chi connectivity index (χ1v) is 5.22. The molecule has 0 saturated heterocycles. The Labute approximate surface area is 98.8 Å². The Bertz CT molecular complexity index is 534. The average Bonchev–Trinajstić information content (AvgIpc) is 2.74. The molecule has 1 amide bonds. The van der Waals surface area contributed by atoms with Gasteiger partial charge in [0.2, 0.25) is 5.88 Å². The summed E-state index contributed by atoms with van der Waals surface area (Å²) >= 11 is 0. The van der Waals surface area contributed by atoms with Gasteiger partial charge in [0.1, 0.15) is 0 Å². The zero-order valence-electron chi connectivity index (χ0n) is 9.65. The molecule has 2 rings (SSSR count). The smallest absolute Gasteiger partial charge is 0.260 e. The summed E-state index contributed by atoms with van der Waals surface area (Å²) in [6.07, 6.45) is 0. The minimum atomic E-state index is -0.230. The second-order valence-corrected chi connectivity index (χ2v) is 3.58. The number of anilines is 2. The Balaban J connectivity index is 2.20. The summed E-state index contributed by atoms with van der Waals surface area (Å²) in [6, 6.07) is 8.91. The number of carbonyl (C=O) groups is 1. The summed E-state index contributed by atoms with van der Waals surface area (Å²) in [5.41, 5.74) is 2.05. The summed E-state index contributed by atoms with van der Waals surface area (Å²) < 4.78 is 4.93. The van der Waals surface area contributed by atoms with E-state index >= 15 is 0 Å². The van der Waals surface area contributed by atoms with Gasteiger partial charge in [-0.2, -0.15) is 0 Å². The highest BCUT2D eigenvalue weighted by molar-refractivity contribution is 6.07. The molecule has 0 saturated carbocycles. The first kappa shape index (κ1) is 11.2. The number of rotatable bonds is 3. The van der Waals surface area contributed by atoms with Crippen LogP contribution >= 0.6 is 0 Å². The van der Waals surface area contributed by atoms with E-state index in [2.05, 4.69) is 15.8 Å². The standard InChI is InChI=1S/C12H13N3O2/c1-8-7-11(17-15-8)14-12(16)9-5-3-4-6-10(9)13-2/h3-7,13H,1-2H3,(H,14,16). The third-order valence-corrected chi connectivity index (χ3v) is 2.31. The number of aromatic nitrogens is 1. The van der Waals surface area contributed by atoms with Gasteiger partial charge in [0.25, 0.3) is 5.91 Å². The molecule has 17 heavy (non-hydrogen) atoms. The van der Waals surface area contributed by atoms with E-state index in [4.69, 9.17) is 4.52 Å². The summed E-state index contributed by atoms with van der Waals surface area (Å²) in [6.45, 7) is 1.79. The highest BCUT2D eigenvalue weighted by Crippen LogP contribution is 2.17. The number of hydrogen-bond donors (Lipinski definition) is 2. The first-order chi connectivity index (χ1) is 8.20. The van der Waals surface area contributed by atoms with Crippen LogP contribution in [0.5, 0.6) is 0 Å². The van der Waals surface area contributed by atoms with Crippen LogP contribution in [0.15, 0.2) is 34.9 Å². The Hall–Kier alpha value is -2.30. The largest absolute Gasteiger partial charge is 0.387 e. The fourth-order valence-electron chi connectivity index (χ4n) is 1.50. The van der Waals surface area contributed by atoms with Crippen molar-refractivity contribution < 1.29 is 9.32 Å². The van der Waals surface area contributed by atoms with Gasteiger partial charge < -0.3 is 9.84 Å². The van der Waals surface area contributed by atoms with Crippen LogP contribution in [-0.4, -0.2) is 18.1 Å². The van der Waals surface area contributed by atoms with E-state index in [9.17, 15) is 4.79 Å². The van der Waals surface area contributed by atoms with Gasteiger partial charge in [-0.25, -0.2) is 0 Å². The number of aryl methyl sites for hydroxylation is 1. The summed E-state index contributed by atoms with van der Waals surface area (Å²) in [5, 5.41) is 9.31. The topological polar surface area (TPSA) is 67.2 Å². The molecule has 5 nitrogen and oxygen atoms in total. The zero-order chi connectivity index (χ0) is 12.3. The van der Waals surface area contributed by atoms with E-state index < -0.39 is 0 Å². The van der Waals surface area contributed by atoms with Gasteiger partial charge in [-0.05, 0) is 19.1 Å². The van der Waals surface area contributed by atoms with Crippen LogP contribution in [0.2, 0.25) is 0 Å². The van der Waals surface area contributed by atoms with Gasteiger partial charge in [0, 0.05) is 18.8 Å². The molecule has 1 aromatic carbocycles. The Morgan fingerprint density at radius 2 is 2.12 bits per heavy atom. The van der Waals surface area contributed by atoms with E-state index in [1.807, 2.05) is 12.1 Å². The van der Waals surface area contributed by atoms with Crippen LogP contribution in [0.1, 0.15) is 16.1 Å². The van der Waals surface area contributed by atoms with E-state index in [1.165, 1.54) is 0 Å². The van der Waals surface area contributed by atoms with Gasteiger partial charge >= 0.3 is 0 Å². The molecule has 0 spiro atoms. The second-order valence-electron chi connectivity index (χ2n) is 3.58. The van der Waals surface area contributed by atoms with Crippen molar-refractivity contribution in [2.24, 2.45) is 0 Å². The van der Waals surface area contributed by atoms with Crippen molar-refractivity contribution in [3.8, 4) is 0 Å². The maximum Gasteiger partial charge on any atom is 0.260 e. The predicted octanol–water partition coefficient (Wildman–Crippen LogP) is 2.28. The van der Waals surface area contributed by atoms with E-state index in [-0.39, 0.29) is 5.91 Å². The normalized spacial score (nSPS) is 10.0. The lowest BCUT2D eigenvalue weighted by molar-refractivity contribution is 0.102. The van der Waals surface area contributed by atoms with Gasteiger partial charge in [0.15, 0.2) is 0 Å². The highest BCUT2D eigenvalue weighted by Gasteiger charge is 2.12. The lowest BCUT2D eigenvalue weighted by Gasteiger charge is -2.07. The maximum absolute atomic E-state index is 12.0. The summed E-state index contributed by atoms with van der Waals surface area (Å²) in [4.78, 5) is 12.0. The first-order valence-electron chi connectivity index (χ1n) is 5.22. The van der Waals surface area contributed by atoms with Gasteiger partial charge in [-0.3, -0.25) is 10.1 Å². The molecular formula is C12H13N3O2.